The normalized spacial score (nSPS) is 21.6. The maximum absolute atomic E-state index is 12.0. The molecule has 0 unspecified atom stereocenters. The van der Waals surface area contributed by atoms with Crippen LogP contribution in [0.5, 0.6) is 0 Å². The van der Waals surface area contributed by atoms with Gasteiger partial charge in [-0.1, -0.05) is 13.3 Å². The Morgan fingerprint density at radius 1 is 1.04 bits per heavy atom. The van der Waals surface area contributed by atoms with E-state index in [-0.39, 0.29) is 11.6 Å². The van der Waals surface area contributed by atoms with Crippen molar-refractivity contribution in [1.82, 2.24) is 20.4 Å². The van der Waals surface area contributed by atoms with E-state index in [2.05, 4.69) is 41.2 Å². The summed E-state index contributed by atoms with van der Waals surface area (Å²) in [7, 11) is 0. The van der Waals surface area contributed by atoms with Crippen molar-refractivity contribution in [2.75, 3.05) is 45.8 Å². The summed E-state index contributed by atoms with van der Waals surface area (Å²) < 4.78 is 0. The molecule has 2 rings (SSSR count). The molecule has 0 aliphatic carbocycles. The zero-order valence-electron chi connectivity index (χ0n) is 16.1. The molecule has 140 valence electrons. The van der Waals surface area contributed by atoms with Gasteiger partial charge in [-0.3, -0.25) is 4.90 Å². The van der Waals surface area contributed by atoms with Gasteiger partial charge in [-0.25, -0.2) is 4.79 Å². The second-order valence-electron chi connectivity index (χ2n) is 8.35. The lowest BCUT2D eigenvalue weighted by Crippen LogP contribution is -2.54. The summed E-state index contributed by atoms with van der Waals surface area (Å²) in [6.45, 7) is 14.1. The summed E-state index contributed by atoms with van der Waals surface area (Å²) in [6.07, 6.45) is 7.59. The zero-order chi connectivity index (χ0) is 17.4. The molecule has 0 aromatic carbocycles. The molecule has 2 amide bonds. The largest absolute Gasteiger partial charge is 0.338 e. The number of carbonyl (C=O) groups excluding carboxylic acids is 1. The lowest BCUT2D eigenvalue weighted by Gasteiger charge is -2.41. The van der Waals surface area contributed by atoms with E-state index in [0.717, 1.165) is 38.5 Å². The molecule has 0 radical (unpaired) electrons. The first-order valence-corrected chi connectivity index (χ1v) is 9.96. The highest BCUT2D eigenvalue weighted by atomic mass is 16.2. The Balaban J connectivity index is 1.54. The zero-order valence-corrected chi connectivity index (χ0v) is 16.1. The van der Waals surface area contributed by atoms with Crippen LogP contribution in [0.1, 0.15) is 59.3 Å². The number of nitrogens with one attached hydrogen (secondary N) is 2. The molecule has 5 nitrogen and oxygen atoms in total. The molecule has 0 atom stereocenters. The van der Waals surface area contributed by atoms with Crippen LogP contribution in [-0.4, -0.2) is 67.2 Å². The summed E-state index contributed by atoms with van der Waals surface area (Å²) in [5, 5.41) is 6.07. The number of hydrogen-bond donors (Lipinski definition) is 2. The van der Waals surface area contributed by atoms with Crippen LogP contribution < -0.4 is 10.6 Å². The highest BCUT2D eigenvalue weighted by Crippen LogP contribution is 2.19. The van der Waals surface area contributed by atoms with Crippen molar-refractivity contribution in [3.05, 3.63) is 0 Å². The van der Waals surface area contributed by atoms with Crippen molar-refractivity contribution in [1.29, 1.82) is 0 Å². The minimum absolute atomic E-state index is 0.0210. The second-order valence-corrected chi connectivity index (χ2v) is 8.35. The first-order chi connectivity index (χ1) is 11.5. The van der Waals surface area contributed by atoms with Crippen molar-refractivity contribution in [3.63, 3.8) is 0 Å². The van der Waals surface area contributed by atoms with Crippen LogP contribution in [0.15, 0.2) is 0 Å². The van der Waals surface area contributed by atoms with Gasteiger partial charge in [0.15, 0.2) is 0 Å². The van der Waals surface area contributed by atoms with Crippen LogP contribution in [0.2, 0.25) is 0 Å². The Morgan fingerprint density at radius 3 is 2.38 bits per heavy atom. The van der Waals surface area contributed by atoms with Crippen LogP contribution >= 0.6 is 0 Å². The molecule has 0 spiro atoms. The minimum Gasteiger partial charge on any atom is -0.338 e. The number of hydrogen-bond acceptors (Lipinski definition) is 3. The van der Waals surface area contributed by atoms with Crippen molar-refractivity contribution in [3.8, 4) is 0 Å². The lowest BCUT2D eigenvalue weighted by molar-refractivity contribution is 0.0960. The quantitative estimate of drug-likeness (QED) is 0.702. The van der Waals surface area contributed by atoms with Gasteiger partial charge in [-0.05, 0) is 84.6 Å². The van der Waals surface area contributed by atoms with Crippen molar-refractivity contribution < 1.29 is 4.79 Å². The van der Waals surface area contributed by atoms with Crippen LogP contribution in [0.3, 0.4) is 0 Å². The topological polar surface area (TPSA) is 47.6 Å². The molecule has 0 aromatic heterocycles. The monoisotopic (exact) mass is 338 g/mol. The maximum atomic E-state index is 12.0. The fourth-order valence-corrected chi connectivity index (χ4v) is 3.76. The number of likely N-dealkylation sites (tertiary alicyclic amines) is 2. The third kappa shape index (κ3) is 6.60. The summed E-state index contributed by atoms with van der Waals surface area (Å²) >= 11 is 0. The number of urea groups is 1. The Bertz CT molecular complexity index is 372. The summed E-state index contributed by atoms with van der Waals surface area (Å²) in [6, 6.07) is -0.0210. The summed E-state index contributed by atoms with van der Waals surface area (Å²) in [4.78, 5) is 17.0. The highest BCUT2D eigenvalue weighted by molar-refractivity contribution is 5.73. The molecule has 2 fully saturated rings. The summed E-state index contributed by atoms with van der Waals surface area (Å²) in [5.74, 6) is 0.883. The highest BCUT2D eigenvalue weighted by Gasteiger charge is 2.28. The molecule has 0 saturated carbocycles. The third-order valence-corrected chi connectivity index (χ3v) is 5.71. The second kappa shape index (κ2) is 9.62. The Labute approximate surface area is 148 Å². The molecular formula is C19H38N4O. The number of nitrogens with zero attached hydrogens (tertiary/aromatic N) is 2. The van der Waals surface area contributed by atoms with E-state index >= 15 is 0 Å². The standard InChI is InChI=1S/C19H38N4O/c1-17-8-14-22(15-9-17)11-7-10-20-18(24)21-16-19(2,3)23-12-5-4-6-13-23/h17H,4-16H2,1-3H3,(H2,20,21,24). The number of rotatable bonds is 7. The Hall–Kier alpha value is -0.810. The number of amides is 2. The minimum atomic E-state index is -0.0210. The molecule has 2 N–H and O–H groups in total. The SMILES string of the molecule is CC1CCN(CCCNC(=O)NCC(C)(C)N2CCCCC2)CC1. The van der Waals surface area contributed by atoms with Gasteiger partial charge >= 0.3 is 6.03 Å². The molecule has 24 heavy (non-hydrogen) atoms. The lowest BCUT2D eigenvalue weighted by atomic mass is 9.98. The predicted octanol–water partition coefficient (Wildman–Crippen LogP) is 2.67. The molecule has 2 aliphatic rings. The first-order valence-electron chi connectivity index (χ1n) is 9.96. The van der Waals surface area contributed by atoms with E-state index in [1.54, 1.807) is 0 Å². The van der Waals surface area contributed by atoms with Crippen LogP contribution in [0.25, 0.3) is 0 Å². The third-order valence-electron chi connectivity index (χ3n) is 5.71. The van der Waals surface area contributed by atoms with E-state index in [1.807, 2.05) is 0 Å². The molecule has 2 saturated heterocycles. The van der Waals surface area contributed by atoms with Crippen LogP contribution in [0.4, 0.5) is 4.79 Å². The van der Waals surface area contributed by atoms with Crippen LogP contribution in [-0.2, 0) is 0 Å². The predicted molar refractivity (Wildman–Crippen MR) is 100 cm³/mol. The van der Waals surface area contributed by atoms with Gasteiger partial charge in [-0.15, -0.1) is 0 Å². The van der Waals surface area contributed by atoms with E-state index in [4.69, 9.17) is 0 Å². The van der Waals surface area contributed by atoms with Crippen molar-refractivity contribution in [2.24, 2.45) is 5.92 Å². The van der Waals surface area contributed by atoms with Gasteiger partial charge in [0, 0.05) is 18.6 Å². The van der Waals surface area contributed by atoms with Gasteiger partial charge in [0.1, 0.15) is 0 Å². The van der Waals surface area contributed by atoms with E-state index in [0.29, 0.717) is 6.54 Å². The fourth-order valence-electron chi connectivity index (χ4n) is 3.76. The molecule has 2 aliphatic heterocycles. The van der Waals surface area contributed by atoms with E-state index in [9.17, 15) is 4.79 Å². The average Bonchev–Trinajstić information content (AvgIpc) is 2.59. The first kappa shape index (κ1) is 19.5. The number of piperidine rings is 2. The molecular weight excluding hydrogens is 300 g/mol. The van der Waals surface area contributed by atoms with Crippen LogP contribution in [0, 0.1) is 5.92 Å². The molecule has 5 heteroatoms. The van der Waals surface area contributed by atoms with Crippen molar-refractivity contribution >= 4 is 6.03 Å². The van der Waals surface area contributed by atoms with Gasteiger partial charge in [0.25, 0.3) is 0 Å². The average molecular weight is 339 g/mol. The van der Waals surface area contributed by atoms with Gasteiger partial charge in [0.2, 0.25) is 0 Å². The summed E-state index contributed by atoms with van der Waals surface area (Å²) in [5.41, 5.74) is 0.0439. The maximum Gasteiger partial charge on any atom is 0.314 e. The smallest absolute Gasteiger partial charge is 0.314 e. The Kier molecular flexibility index (Phi) is 7.82. The molecule has 2 heterocycles. The Morgan fingerprint density at radius 2 is 1.71 bits per heavy atom. The fraction of sp³-hybridized carbons (Fsp3) is 0.947. The van der Waals surface area contributed by atoms with Gasteiger partial charge in [0.05, 0.1) is 0 Å². The molecule has 0 aromatic rings. The van der Waals surface area contributed by atoms with Crippen molar-refractivity contribution in [2.45, 2.75) is 64.8 Å². The van der Waals surface area contributed by atoms with Gasteiger partial charge < -0.3 is 15.5 Å². The van der Waals surface area contributed by atoms with Gasteiger partial charge in [-0.2, -0.15) is 0 Å². The van der Waals surface area contributed by atoms with E-state index in [1.165, 1.54) is 45.2 Å². The number of carbonyl (C=O) groups is 1. The molecule has 0 bridgehead atoms. The van der Waals surface area contributed by atoms with E-state index < -0.39 is 0 Å².